The summed E-state index contributed by atoms with van der Waals surface area (Å²) in [5.74, 6) is 1.09. The summed E-state index contributed by atoms with van der Waals surface area (Å²) in [5, 5.41) is 4.86. The van der Waals surface area contributed by atoms with Crippen LogP contribution < -0.4 is 5.32 Å². The maximum Gasteiger partial charge on any atom is 0.222 e. The molecule has 0 spiro atoms. The highest BCUT2D eigenvalue weighted by molar-refractivity contribution is 7.11. The molecule has 1 amide bonds. The Balaban J connectivity index is 1.38. The van der Waals surface area contributed by atoms with E-state index in [1.54, 1.807) is 0 Å². The molecule has 1 atom stereocenters. The van der Waals surface area contributed by atoms with E-state index in [1.807, 2.05) is 17.5 Å². The van der Waals surface area contributed by atoms with E-state index in [4.69, 9.17) is 0 Å². The first kappa shape index (κ1) is 15.9. The molecule has 5 heteroatoms. The first-order chi connectivity index (χ1) is 10.8. The number of rotatable bonds is 8. The lowest BCUT2D eigenvalue weighted by Gasteiger charge is -2.26. The van der Waals surface area contributed by atoms with Crippen LogP contribution in [-0.4, -0.2) is 34.9 Å². The average molecular weight is 321 g/mol. The van der Waals surface area contributed by atoms with Gasteiger partial charge < -0.3 is 10.2 Å². The lowest BCUT2D eigenvalue weighted by Crippen LogP contribution is -2.37. The zero-order valence-corrected chi connectivity index (χ0v) is 14.3. The molecule has 4 nitrogen and oxygen atoms in total. The molecule has 2 fully saturated rings. The predicted octanol–water partition coefficient (Wildman–Crippen LogP) is 3.29. The van der Waals surface area contributed by atoms with E-state index in [9.17, 15) is 4.79 Å². The number of hydrogen-bond acceptors (Lipinski definition) is 4. The SMILES string of the molecule is CC[C@@H](CCNCc1cnc(C2CCC2)s1)N1CCCC1=O. The zero-order valence-electron chi connectivity index (χ0n) is 13.5. The molecular formula is C17H27N3OS. The van der Waals surface area contributed by atoms with Crippen molar-refractivity contribution in [2.75, 3.05) is 13.1 Å². The number of aromatic nitrogens is 1. The third kappa shape index (κ3) is 3.69. The maximum absolute atomic E-state index is 11.8. The molecule has 1 saturated heterocycles. The van der Waals surface area contributed by atoms with Gasteiger partial charge in [-0.1, -0.05) is 13.3 Å². The minimum atomic E-state index is 0.347. The number of hydrogen-bond donors (Lipinski definition) is 1. The number of carbonyl (C=O) groups excluding carboxylic acids is 1. The van der Waals surface area contributed by atoms with Gasteiger partial charge in [-0.3, -0.25) is 4.79 Å². The second-order valence-corrected chi connectivity index (χ2v) is 7.66. The van der Waals surface area contributed by atoms with Crippen LogP contribution in [0.25, 0.3) is 0 Å². The molecule has 1 aromatic rings. The molecule has 22 heavy (non-hydrogen) atoms. The van der Waals surface area contributed by atoms with Crippen molar-refractivity contribution in [3.8, 4) is 0 Å². The van der Waals surface area contributed by atoms with Crippen LogP contribution in [0.1, 0.15) is 67.7 Å². The predicted molar refractivity (Wildman–Crippen MR) is 90.1 cm³/mol. The highest BCUT2D eigenvalue weighted by Gasteiger charge is 2.26. The molecular weight excluding hydrogens is 294 g/mol. The lowest BCUT2D eigenvalue weighted by molar-refractivity contribution is -0.129. The second-order valence-electron chi connectivity index (χ2n) is 6.51. The van der Waals surface area contributed by atoms with Crippen molar-refractivity contribution in [2.45, 2.75) is 70.4 Å². The molecule has 2 aliphatic rings. The average Bonchev–Trinajstić information content (AvgIpc) is 3.07. The Bertz CT molecular complexity index is 498. The van der Waals surface area contributed by atoms with Gasteiger partial charge in [-0.15, -0.1) is 11.3 Å². The van der Waals surface area contributed by atoms with Gasteiger partial charge in [0.25, 0.3) is 0 Å². The fourth-order valence-electron chi connectivity index (χ4n) is 3.36. The molecule has 1 N–H and O–H groups in total. The van der Waals surface area contributed by atoms with Gasteiger partial charge in [-0.2, -0.15) is 0 Å². The molecule has 122 valence electrons. The molecule has 0 radical (unpaired) electrons. The Morgan fingerprint density at radius 2 is 2.32 bits per heavy atom. The third-order valence-electron chi connectivity index (χ3n) is 5.00. The first-order valence-electron chi connectivity index (χ1n) is 8.72. The number of nitrogens with zero attached hydrogens (tertiary/aromatic N) is 2. The van der Waals surface area contributed by atoms with Crippen molar-refractivity contribution in [3.05, 3.63) is 16.1 Å². The van der Waals surface area contributed by atoms with Crippen LogP contribution in [0.5, 0.6) is 0 Å². The van der Waals surface area contributed by atoms with Crippen LogP contribution in [0, 0.1) is 0 Å². The Kier molecular flexibility index (Phi) is 5.47. The smallest absolute Gasteiger partial charge is 0.222 e. The van der Waals surface area contributed by atoms with E-state index in [2.05, 4.69) is 22.1 Å². The molecule has 3 rings (SSSR count). The van der Waals surface area contributed by atoms with Gasteiger partial charge in [0.1, 0.15) is 0 Å². The van der Waals surface area contributed by atoms with Crippen molar-refractivity contribution in [1.82, 2.24) is 15.2 Å². The van der Waals surface area contributed by atoms with Gasteiger partial charge in [0.2, 0.25) is 5.91 Å². The summed E-state index contributed by atoms with van der Waals surface area (Å²) in [4.78, 5) is 19.8. The van der Waals surface area contributed by atoms with Gasteiger partial charge in [0, 0.05) is 42.5 Å². The molecule has 1 saturated carbocycles. The minimum absolute atomic E-state index is 0.347. The third-order valence-corrected chi connectivity index (χ3v) is 6.16. The van der Waals surface area contributed by atoms with Crippen LogP contribution in [0.3, 0.4) is 0 Å². The van der Waals surface area contributed by atoms with Gasteiger partial charge in [-0.25, -0.2) is 4.98 Å². The standard InChI is InChI=1S/C17H27N3OS/c1-2-14(20-10-4-7-16(20)21)8-9-18-11-15-12-19-17(22-15)13-5-3-6-13/h12-14,18H,2-11H2,1H3/t14-/m0/s1. The van der Waals surface area contributed by atoms with Crippen LogP contribution in [0.15, 0.2) is 6.20 Å². The van der Waals surface area contributed by atoms with E-state index in [1.165, 1.54) is 29.1 Å². The highest BCUT2D eigenvalue weighted by atomic mass is 32.1. The van der Waals surface area contributed by atoms with E-state index >= 15 is 0 Å². The van der Waals surface area contributed by atoms with Gasteiger partial charge in [-0.05, 0) is 38.6 Å². The summed E-state index contributed by atoms with van der Waals surface area (Å²) in [6.07, 6.45) is 9.93. The van der Waals surface area contributed by atoms with Crippen LogP contribution in [0.4, 0.5) is 0 Å². The summed E-state index contributed by atoms with van der Waals surface area (Å²) in [5.41, 5.74) is 0. The van der Waals surface area contributed by atoms with Gasteiger partial charge in [0.05, 0.1) is 5.01 Å². The van der Waals surface area contributed by atoms with Gasteiger partial charge >= 0.3 is 0 Å². The normalized spacial score (nSPS) is 20.4. The molecule has 1 aromatic heterocycles. The van der Waals surface area contributed by atoms with Crippen molar-refractivity contribution in [2.24, 2.45) is 0 Å². The fraction of sp³-hybridized carbons (Fsp3) is 0.765. The Morgan fingerprint density at radius 1 is 1.45 bits per heavy atom. The first-order valence-corrected chi connectivity index (χ1v) is 9.54. The molecule has 0 unspecified atom stereocenters. The van der Waals surface area contributed by atoms with E-state index in [0.717, 1.165) is 51.2 Å². The van der Waals surface area contributed by atoms with E-state index < -0.39 is 0 Å². The number of thiazole rings is 1. The van der Waals surface area contributed by atoms with Crippen molar-refractivity contribution in [3.63, 3.8) is 0 Å². The van der Waals surface area contributed by atoms with Crippen LogP contribution in [0.2, 0.25) is 0 Å². The fourth-order valence-corrected chi connectivity index (χ4v) is 4.42. The van der Waals surface area contributed by atoms with E-state index in [-0.39, 0.29) is 0 Å². The summed E-state index contributed by atoms with van der Waals surface area (Å²) in [7, 11) is 0. The molecule has 2 heterocycles. The Hall–Kier alpha value is -0.940. The number of likely N-dealkylation sites (tertiary alicyclic amines) is 1. The lowest BCUT2D eigenvalue weighted by atomic mass is 9.86. The van der Waals surface area contributed by atoms with Crippen LogP contribution in [-0.2, 0) is 11.3 Å². The van der Waals surface area contributed by atoms with E-state index in [0.29, 0.717) is 11.9 Å². The van der Waals surface area contributed by atoms with Crippen molar-refractivity contribution < 1.29 is 4.79 Å². The number of nitrogens with one attached hydrogen (secondary N) is 1. The van der Waals surface area contributed by atoms with Gasteiger partial charge in [0.15, 0.2) is 0 Å². The zero-order chi connectivity index (χ0) is 15.4. The highest BCUT2D eigenvalue weighted by Crippen LogP contribution is 2.38. The number of carbonyl (C=O) groups is 1. The second kappa shape index (κ2) is 7.55. The Morgan fingerprint density at radius 3 is 2.95 bits per heavy atom. The summed E-state index contributed by atoms with van der Waals surface area (Å²) in [6, 6.07) is 0.412. The summed E-state index contributed by atoms with van der Waals surface area (Å²) < 4.78 is 0. The Labute approximate surface area is 137 Å². The molecule has 0 aromatic carbocycles. The monoisotopic (exact) mass is 321 g/mol. The van der Waals surface area contributed by atoms with Crippen molar-refractivity contribution in [1.29, 1.82) is 0 Å². The largest absolute Gasteiger partial charge is 0.340 e. The topological polar surface area (TPSA) is 45.2 Å². The maximum atomic E-state index is 11.8. The van der Waals surface area contributed by atoms with Crippen molar-refractivity contribution >= 4 is 17.2 Å². The summed E-state index contributed by atoms with van der Waals surface area (Å²) in [6.45, 7) is 5.02. The number of amides is 1. The quantitative estimate of drug-likeness (QED) is 0.747. The minimum Gasteiger partial charge on any atom is -0.340 e. The molecule has 0 bridgehead atoms. The van der Waals surface area contributed by atoms with Crippen LogP contribution >= 0.6 is 11.3 Å². The molecule has 1 aliphatic carbocycles. The summed E-state index contributed by atoms with van der Waals surface area (Å²) >= 11 is 1.87. The molecule has 1 aliphatic heterocycles.